The Bertz CT molecular complexity index is 997. The van der Waals surface area contributed by atoms with Crippen molar-refractivity contribution < 1.29 is 20.1 Å². The number of aliphatic carboxylic acids is 1. The molecule has 5 nitrogen and oxygen atoms in total. The summed E-state index contributed by atoms with van der Waals surface area (Å²) in [5.74, 6) is -0.465. The molecule has 210 valence electrons. The van der Waals surface area contributed by atoms with Crippen molar-refractivity contribution in [1.82, 2.24) is 4.90 Å². The zero-order valence-corrected chi connectivity index (χ0v) is 24.1. The van der Waals surface area contributed by atoms with Gasteiger partial charge < -0.3 is 15.3 Å². The van der Waals surface area contributed by atoms with E-state index in [9.17, 15) is 20.1 Å². The Hall–Kier alpha value is -2.21. The lowest BCUT2D eigenvalue weighted by atomic mass is 9.66. The van der Waals surface area contributed by atoms with E-state index in [1.54, 1.807) is 13.8 Å². The summed E-state index contributed by atoms with van der Waals surface area (Å²) in [5.41, 5.74) is 0.764. The van der Waals surface area contributed by atoms with Crippen LogP contribution in [0.5, 0.6) is 0 Å². The Morgan fingerprint density at radius 3 is 2.05 bits per heavy atom. The van der Waals surface area contributed by atoms with Crippen molar-refractivity contribution in [3.05, 3.63) is 71.3 Å². The van der Waals surface area contributed by atoms with Gasteiger partial charge in [0, 0.05) is 6.04 Å². The predicted octanol–water partition coefficient (Wildman–Crippen LogP) is 6.68. The molecule has 2 aromatic carbocycles. The maximum atomic E-state index is 12.4. The molecule has 0 amide bonds. The number of benzene rings is 2. The zero-order valence-electron chi connectivity index (χ0n) is 24.1. The minimum absolute atomic E-state index is 0.0267. The molecule has 3 rings (SSSR count). The summed E-state index contributed by atoms with van der Waals surface area (Å²) in [4.78, 5) is 14.0. The van der Waals surface area contributed by atoms with Crippen molar-refractivity contribution in [2.45, 2.75) is 103 Å². The van der Waals surface area contributed by atoms with E-state index in [0.29, 0.717) is 0 Å². The molecule has 1 aliphatic heterocycles. The second-order valence-electron chi connectivity index (χ2n) is 11.7. The lowest BCUT2D eigenvalue weighted by molar-refractivity contribution is -0.142. The Morgan fingerprint density at radius 1 is 0.947 bits per heavy atom. The molecule has 0 spiro atoms. The van der Waals surface area contributed by atoms with Crippen LogP contribution in [0.25, 0.3) is 0 Å². The van der Waals surface area contributed by atoms with Crippen LogP contribution in [-0.2, 0) is 15.8 Å². The average Bonchev–Trinajstić information content (AvgIpc) is 2.94. The molecule has 1 aliphatic rings. The van der Waals surface area contributed by atoms with Gasteiger partial charge in [-0.05, 0) is 81.1 Å². The van der Waals surface area contributed by atoms with Crippen LogP contribution in [0.1, 0.15) is 102 Å². The van der Waals surface area contributed by atoms with Gasteiger partial charge in [-0.1, -0.05) is 94.6 Å². The van der Waals surface area contributed by atoms with E-state index >= 15 is 0 Å². The van der Waals surface area contributed by atoms with Gasteiger partial charge in [-0.3, -0.25) is 9.69 Å². The molecule has 38 heavy (non-hydrogen) atoms. The first-order valence-electron chi connectivity index (χ1n) is 14.6. The highest BCUT2D eigenvalue weighted by atomic mass is 16.4. The highest BCUT2D eigenvalue weighted by molar-refractivity contribution is 5.80. The van der Waals surface area contributed by atoms with Gasteiger partial charge in [0.15, 0.2) is 0 Å². The van der Waals surface area contributed by atoms with Gasteiger partial charge in [0.05, 0.1) is 17.1 Å². The van der Waals surface area contributed by atoms with Gasteiger partial charge in [-0.2, -0.15) is 0 Å². The van der Waals surface area contributed by atoms with Crippen LogP contribution < -0.4 is 0 Å². The van der Waals surface area contributed by atoms with Crippen molar-refractivity contribution in [2.75, 3.05) is 13.1 Å². The Balaban J connectivity index is 1.76. The van der Waals surface area contributed by atoms with Crippen molar-refractivity contribution in [3.8, 4) is 0 Å². The first kappa shape index (κ1) is 30.3. The summed E-state index contributed by atoms with van der Waals surface area (Å²) in [7, 11) is 0. The topological polar surface area (TPSA) is 81.0 Å². The van der Waals surface area contributed by atoms with E-state index in [-0.39, 0.29) is 17.9 Å². The molecule has 4 unspecified atom stereocenters. The molecule has 3 N–H and O–H groups in total. The number of aliphatic hydroxyl groups is 2. The summed E-state index contributed by atoms with van der Waals surface area (Å²) in [6, 6.07) is 17.6. The molecule has 1 fully saturated rings. The summed E-state index contributed by atoms with van der Waals surface area (Å²) >= 11 is 0. The summed E-state index contributed by atoms with van der Waals surface area (Å²) < 4.78 is 0. The fraction of sp³-hybridized carbons (Fsp3) is 0.606. The monoisotopic (exact) mass is 523 g/mol. The largest absolute Gasteiger partial charge is 0.481 e. The standard InChI is InChI=1S/C33H49NO4/c1-6-9-13-25(7-2)33(38,27-14-11-10-12-15-27)28-20-22-34(23-21-28)29(8-3)30(35)24-16-18-26(19-17-24)32(4,5)31(36)37/h10-12,14-19,25,28-30,35,38H,6-9,13,20-23H2,1-5H3,(H,36,37). The zero-order chi connectivity index (χ0) is 27.9. The lowest BCUT2D eigenvalue weighted by Crippen LogP contribution is -2.50. The summed E-state index contributed by atoms with van der Waals surface area (Å²) in [6.07, 6.45) is 6.18. The van der Waals surface area contributed by atoms with Gasteiger partial charge in [-0.25, -0.2) is 0 Å². The molecule has 5 heteroatoms. The van der Waals surface area contributed by atoms with Crippen LogP contribution in [0.15, 0.2) is 54.6 Å². The second kappa shape index (κ2) is 13.2. The van der Waals surface area contributed by atoms with E-state index in [1.807, 2.05) is 42.5 Å². The highest BCUT2D eigenvalue weighted by Crippen LogP contribution is 2.46. The number of hydrogen-bond acceptors (Lipinski definition) is 4. The minimum atomic E-state index is -0.974. The number of carbonyl (C=O) groups is 1. The third kappa shape index (κ3) is 6.32. The Kier molecular flexibility index (Phi) is 10.6. The molecular weight excluding hydrogens is 474 g/mol. The summed E-state index contributed by atoms with van der Waals surface area (Å²) in [6.45, 7) is 11.6. The number of piperidine rings is 1. The molecule has 1 saturated heterocycles. The fourth-order valence-electron chi connectivity index (χ4n) is 6.49. The van der Waals surface area contributed by atoms with Gasteiger partial charge in [0.2, 0.25) is 0 Å². The number of nitrogens with zero attached hydrogens (tertiary/aromatic N) is 1. The number of hydrogen-bond donors (Lipinski definition) is 3. The highest BCUT2D eigenvalue weighted by Gasteiger charge is 2.45. The minimum Gasteiger partial charge on any atom is -0.481 e. The third-order valence-corrected chi connectivity index (χ3v) is 9.17. The van der Waals surface area contributed by atoms with Gasteiger partial charge >= 0.3 is 5.97 Å². The van der Waals surface area contributed by atoms with Crippen molar-refractivity contribution >= 4 is 5.97 Å². The molecule has 1 heterocycles. The SMILES string of the molecule is CCCCC(CC)C(O)(c1ccccc1)C1CCN(C(CC)C(O)c2ccc(C(C)(C)C(=O)O)cc2)CC1. The number of aliphatic hydroxyl groups excluding tert-OH is 1. The second-order valence-corrected chi connectivity index (χ2v) is 11.7. The molecular formula is C33H49NO4. The maximum absolute atomic E-state index is 12.4. The quantitative estimate of drug-likeness (QED) is 0.273. The predicted molar refractivity (Wildman–Crippen MR) is 154 cm³/mol. The van der Waals surface area contributed by atoms with E-state index in [4.69, 9.17) is 0 Å². The number of rotatable bonds is 13. The summed E-state index contributed by atoms with van der Waals surface area (Å²) in [5, 5.41) is 33.3. The van der Waals surface area contributed by atoms with E-state index < -0.39 is 23.1 Å². The van der Waals surface area contributed by atoms with Crippen LogP contribution in [0, 0.1) is 11.8 Å². The number of carboxylic acids is 1. The van der Waals surface area contributed by atoms with E-state index in [2.05, 4.69) is 37.8 Å². The molecule has 0 aliphatic carbocycles. The number of carboxylic acid groups (broad SMARTS) is 1. The molecule has 4 atom stereocenters. The van der Waals surface area contributed by atoms with Crippen LogP contribution in [-0.4, -0.2) is 45.3 Å². The normalized spacial score (nSPS) is 19.4. The molecule has 0 saturated carbocycles. The smallest absolute Gasteiger partial charge is 0.313 e. The molecule has 0 aromatic heterocycles. The molecule has 0 radical (unpaired) electrons. The van der Waals surface area contributed by atoms with Crippen molar-refractivity contribution in [2.24, 2.45) is 11.8 Å². The Morgan fingerprint density at radius 2 is 1.55 bits per heavy atom. The van der Waals surface area contributed by atoms with Crippen LogP contribution in [0.4, 0.5) is 0 Å². The number of unbranched alkanes of at least 4 members (excludes halogenated alkanes) is 1. The fourth-order valence-corrected chi connectivity index (χ4v) is 6.49. The molecule has 2 aromatic rings. The van der Waals surface area contributed by atoms with Crippen LogP contribution in [0.2, 0.25) is 0 Å². The van der Waals surface area contributed by atoms with Crippen molar-refractivity contribution in [1.29, 1.82) is 0 Å². The average molecular weight is 524 g/mol. The van der Waals surface area contributed by atoms with E-state index in [1.165, 1.54) is 0 Å². The number of likely N-dealkylation sites (tertiary alicyclic amines) is 1. The van der Waals surface area contributed by atoms with Crippen molar-refractivity contribution in [3.63, 3.8) is 0 Å². The Labute approximate surface area is 229 Å². The third-order valence-electron chi connectivity index (χ3n) is 9.17. The van der Waals surface area contributed by atoms with Gasteiger partial charge in [0.25, 0.3) is 0 Å². The van der Waals surface area contributed by atoms with Gasteiger partial charge in [0.1, 0.15) is 0 Å². The van der Waals surface area contributed by atoms with Gasteiger partial charge in [-0.15, -0.1) is 0 Å². The first-order valence-corrected chi connectivity index (χ1v) is 14.6. The first-order chi connectivity index (χ1) is 18.1. The van der Waals surface area contributed by atoms with Crippen LogP contribution >= 0.6 is 0 Å². The maximum Gasteiger partial charge on any atom is 0.313 e. The lowest BCUT2D eigenvalue weighted by Gasteiger charge is -2.48. The molecule has 0 bridgehead atoms. The van der Waals surface area contributed by atoms with Crippen LogP contribution in [0.3, 0.4) is 0 Å². The van der Waals surface area contributed by atoms with E-state index in [0.717, 1.165) is 74.7 Å².